The number of hydrogen-bond donors (Lipinski definition) is 1. The Morgan fingerprint density at radius 2 is 1.75 bits per heavy atom. The third kappa shape index (κ3) is 3.94. The molecule has 24 heavy (non-hydrogen) atoms. The van der Waals surface area contributed by atoms with E-state index >= 15 is 0 Å². The summed E-state index contributed by atoms with van der Waals surface area (Å²) in [6, 6.07) is 12.7. The molecule has 128 valence electrons. The molecule has 5 nitrogen and oxygen atoms in total. The third-order valence-corrected chi connectivity index (χ3v) is 5.20. The van der Waals surface area contributed by atoms with Gasteiger partial charge in [-0.05, 0) is 48.7 Å². The lowest BCUT2D eigenvalue weighted by Gasteiger charge is -2.20. The van der Waals surface area contributed by atoms with Gasteiger partial charge in [0.1, 0.15) is 0 Å². The molecule has 0 aromatic heterocycles. The highest BCUT2D eigenvalue weighted by Gasteiger charge is 2.18. The SMILES string of the molecule is CCc1ccc(NC(=O)c2cccc(N(C)S(C)(=O)=O)c2C)cc1. The van der Waals surface area contributed by atoms with Gasteiger partial charge in [0.05, 0.1) is 11.9 Å². The molecule has 0 saturated heterocycles. The second-order valence-electron chi connectivity index (χ2n) is 5.68. The first kappa shape index (κ1) is 18.0. The van der Waals surface area contributed by atoms with Gasteiger partial charge in [-0.3, -0.25) is 9.10 Å². The van der Waals surface area contributed by atoms with Gasteiger partial charge in [-0.25, -0.2) is 8.42 Å². The van der Waals surface area contributed by atoms with E-state index in [1.165, 1.54) is 16.9 Å². The van der Waals surface area contributed by atoms with Crippen molar-refractivity contribution in [1.82, 2.24) is 0 Å². The standard InChI is InChI=1S/C18H22N2O3S/c1-5-14-9-11-15(12-10-14)19-18(21)16-7-6-8-17(13(16)2)20(3)24(4,22)23/h6-12H,5H2,1-4H3,(H,19,21). The maximum absolute atomic E-state index is 12.5. The van der Waals surface area contributed by atoms with E-state index in [0.717, 1.165) is 12.7 Å². The molecule has 6 heteroatoms. The predicted molar refractivity (Wildman–Crippen MR) is 98.2 cm³/mol. The molecule has 2 aromatic carbocycles. The number of carbonyl (C=O) groups excluding carboxylic acids is 1. The monoisotopic (exact) mass is 346 g/mol. The lowest BCUT2D eigenvalue weighted by molar-refractivity contribution is 0.102. The van der Waals surface area contributed by atoms with E-state index in [-0.39, 0.29) is 5.91 Å². The number of anilines is 2. The fraction of sp³-hybridized carbons (Fsp3) is 0.278. The van der Waals surface area contributed by atoms with Crippen LogP contribution in [0.2, 0.25) is 0 Å². The van der Waals surface area contributed by atoms with Crippen LogP contribution < -0.4 is 9.62 Å². The Bertz CT molecular complexity index is 843. The van der Waals surface area contributed by atoms with Gasteiger partial charge in [0, 0.05) is 18.3 Å². The van der Waals surface area contributed by atoms with Crippen LogP contribution in [0.4, 0.5) is 11.4 Å². The fourth-order valence-corrected chi connectivity index (χ4v) is 2.97. The Kier molecular flexibility index (Phi) is 5.29. The van der Waals surface area contributed by atoms with Gasteiger partial charge in [-0.2, -0.15) is 0 Å². The maximum atomic E-state index is 12.5. The Labute approximate surface area is 143 Å². The summed E-state index contributed by atoms with van der Waals surface area (Å²) in [6.07, 6.45) is 2.07. The Hall–Kier alpha value is -2.34. The molecule has 0 aliphatic rings. The van der Waals surface area contributed by atoms with Crippen molar-refractivity contribution in [3.05, 3.63) is 59.2 Å². The molecule has 0 unspecified atom stereocenters. The van der Waals surface area contributed by atoms with Gasteiger partial charge in [-0.1, -0.05) is 25.1 Å². The fourth-order valence-electron chi connectivity index (χ4n) is 2.41. The van der Waals surface area contributed by atoms with E-state index in [4.69, 9.17) is 0 Å². The van der Waals surface area contributed by atoms with Crippen molar-refractivity contribution in [3.63, 3.8) is 0 Å². The lowest BCUT2D eigenvalue weighted by Crippen LogP contribution is -2.26. The van der Waals surface area contributed by atoms with E-state index in [1.54, 1.807) is 25.1 Å². The normalized spacial score (nSPS) is 11.2. The predicted octanol–water partition coefficient (Wildman–Crippen LogP) is 3.21. The van der Waals surface area contributed by atoms with Crippen molar-refractivity contribution in [2.45, 2.75) is 20.3 Å². The Balaban J connectivity index is 2.29. The summed E-state index contributed by atoms with van der Waals surface area (Å²) >= 11 is 0. The number of benzene rings is 2. The van der Waals surface area contributed by atoms with Gasteiger partial charge >= 0.3 is 0 Å². The number of nitrogens with one attached hydrogen (secondary N) is 1. The zero-order valence-corrected chi connectivity index (χ0v) is 15.1. The molecule has 0 bridgehead atoms. The summed E-state index contributed by atoms with van der Waals surface area (Å²) in [5, 5.41) is 2.85. The zero-order valence-electron chi connectivity index (χ0n) is 14.3. The second-order valence-corrected chi connectivity index (χ2v) is 7.70. The van der Waals surface area contributed by atoms with Crippen molar-refractivity contribution in [2.75, 3.05) is 22.9 Å². The maximum Gasteiger partial charge on any atom is 0.256 e. The van der Waals surface area contributed by atoms with Crippen LogP contribution in [0.15, 0.2) is 42.5 Å². The zero-order chi connectivity index (χ0) is 17.9. The van der Waals surface area contributed by atoms with Crippen molar-refractivity contribution in [3.8, 4) is 0 Å². The van der Waals surface area contributed by atoms with Crippen LogP contribution in [0.1, 0.15) is 28.4 Å². The van der Waals surface area contributed by atoms with Crippen LogP contribution in [0, 0.1) is 6.92 Å². The highest BCUT2D eigenvalue weighted by Crippen LogP contribution is 2.24. The molecule has 0 aliphatic carbocycles. The van der Waals surface area contributed by atoms with Gasteiger partial charge in [0.15, 0.2) is 0 Å². The van der Waals surface area contributed by atoms with Crippen LogP contribution >= 0.6 is 0 Å². The van der Waals surface area contributed by atoms with E-state index in [1.807, 2.05) is 24.3 Å². The molecule has 2 aromatic rings. The number of hydrogen-bond acceptors (Lipinski definition) is 3. The summed E-state index contributed by atoms with van der Waals surface area (Å²) < 4.78 is 24.7. The third-order valence-electron chi connectivity index (χ3n) is 4.01. The van der Waals surface area contributed by atoms with Gasteiger partial charge < -0.3 is 5.32 Å². The minimum atomic E-state index is -3.39. The summed E-state index contributed by atoms with van der Waals surface area (Å²) in [4.78, 5) is 12.5. The number of nitrogens with zero attached hydrogens (tertiary/aromatic N) is 1. The molecule has 1 amide bonds. The van der Waals surface area contributed by atoms with Crippen molar-refractivity contribution in [2.24, 2.45) is 0 Å². The number of sulfonamides is 1. The highest BCUT2D eigenvalue weighted by molar-refractivity contribution is 7.92. The summed E-state index contributed by atoms with van der Waals surface area (Å²) in [7, 11) is -1.91. The van der Waals surface area contributed by atoms with Crippen LogP contribution in [0.5, 0.6) is 0 Å². The molecule has 2 rings (SSSR count). The molecule has 1 N–H and O–H groups in total. The van der Waals surface area contributed by atoms with E-state index < -0.39 is 10.0 Å². The molecular weight excluding hydrogens is 324 g/mol. The Morgan fingerprint density at radius 3 is 2.29 bits per heavy atom. The van der Waals surface area contributed by atoms with E-state index in [9.17, 15) is 13.2 Å². The lowest BCUT2D eigenvalue weighted by atomic mass is 10.1. The smallest absolute Gasteiger partial charge is 0.256 e. The first-order valence-corrected chi connectivity index (χ1v) is 9.52. The topological polar surface area (TPSA) is 66.5 Å². The van der Waals surface area contributed by atoms with Gasteiger partial charge in [-0.15, -0.1) is 0 Å². The molecule has 0 saturated carbocycles. The van der Waals surface area contributed by atoms with E-state index in [0.29, 0.717) is 22.5 Å². The molecule has 0 fully saturated rings. The molecule has 0 heterocycles. The van der Waals surface area contributed by atoms with Crippen molar-refractivity contribution >= 4 is 27.3 Å². The Morgan fingerprint density at radius 1 is 1.12 bits per heavy atom. The highest BCUT2D eigenvalue weighted by atomic mass is 32.2. The molecule has 0 atom stereocenters. The van der Waals surface area contributed by atoms with Gasteiger partial charge in [0.2, 0.25) is 10.0 Å². The number of aryl methyl sites for hydroxylation is 1. The molecule has 0 aliphatic heterocycles. The van der Waals surface area contributed by atoms with Gasteiger partial charge in [0.25, 0.3) is 5.91 Å². The van der Waals surface area contributed by atoms with Crippen LogP contribution in [-0.4, -0.2) is 27.6 Å². The largest absolute Gasteiger partial charge is 0.322 e. The van der Waals surface area contributed by atoms with E-state index in [2.05, 4.69) is 12.2 Å². The number of amides is 1. The number of carbonyl (C=O) groups is 1. The van der Waals surface area contributed by atoms with Crippen LogP contribution in [-0.2, 0) is 16.4 Å². The summed E-state index contributed by atoms with van der Waals surface area (Å²) in [6.45, 7) is 3.81. The summed E-state index contributed by atoms with van der Waals surface area (Å²) in [5.41, 5.74) is 3.46. The first-order valence-electron chi connectivity index (χ1n) is 7.68. The molecule has 0 spiro atoms. The minimum Gasteiger partial charge on any atom is -0.322 e. The van der Waals surface area contributed by atoms with Crippen molar-refractivity contribution < 1.29 is 13.2 Å². The molecule has 0 radical (unpaired) electrons. The van der Waals surface area contributed by atoms with Crippen molar-refractivity contribution in [1.29, 1.82) is 0 Å². The average molecular weight is 346 g/mol. The number of rotatable bonds is 5. The quantitative estimate of drug-likeness (QED) is 0.904. The minimum absolute atomic E-state index is 0.263. The second kappa shape index (κ2) is 7.05. The summed E-state index contributed by atoms with van der Waals surface area (Å²) in [5.74, 6) is -0.263. The first-order chi connectivity index (χ1) is 11.2. The van der Waals surface area contributed by atoms with Crippen LogP contribution in [0.25, 0.3) is 0 Å². The average Bonchev–Trinajstić information content (AvgIpc) is 2.54. The van der Waals surface area contributed by atoms with Crippen LogP contribution in [0.3, 0.4) is 0 Å². The molecular formula is C18H22N2O3S.